The molecule has 2 atom stereocenters. The van der Waals surface area contributed by atoms with Gasteiger partial charge in [-0.3, -0.25) is 4.79 Å². The number of amides is 1. The van der Waals surface area contributed by atoms with Crippen LogP contribution < -0.4 is 9.64 Å². The van der Waals surface area contributed by atoms with Gasteiger partial charge in [-0.2, -0.15) is 0 Å². The Kier molecular flexibility index (Phi) is 12.0. The second-order valence-corrected chi connectivity index (χ2v) is 10.6. The van der Waals surface area contributed by atoms with Crippen LogP contribution in [-0.2, 0) is 11.2 Å². The van der Waals surface area contributed by atoms with Crippen molar-refractivity contribution in [2.75, 3.05) is 44.8 Å². The summed E-state index contributed by atoms with van der Waals surface area (Å²) in [5, 5.41) is 20.5. The quantitative estimate of drug-likeness (QED) is 0.244. The highest BCUT2D eigenvalue weighted by atomic mass is 35.5. The van der Waals surface area contributed by atoms with Gasteiger partial charge in [0.25, 0.3) is 0 Å². The number of rotatable bonds is 13. The van der Waals surface area contributed by atoms with Crippen LogP contribution in [0.5, 0.6) is 5.75 Å². The van der Waals surface area contributed by atoms with Crippen LogP contribution in [0.3, 0.4) is 0 Å². The Morgan fingerprint density at radius 3 is 2.74 bits per heavy atom. The number of carbonyl (C=O) groups excluding carboxylic acids is 1. The SMILES string of the molecule is CCCc1cc(Cl)ccc1C1COc2ccc(C(O)CO)cc2N(CCCC/C=C\CCN(C)C(C)=O)C1. The normalized spacial score (nSPS) is 16.2. The molecule has 2 N–H and O–H groups in total. The van der Waals surface area contributed by atoms with Gasteiger partial charge < -0.3 is 24.7 Å². The Morgan fingerprint density at radius 2 is 2.00 bits per heavy atom. The van der Waals surface area contributed by atoms with Crippen molar-refractivity contribution in [2.45, 2.75) is 64.4 Å². The van der Waals surface area contributed by atoms with Gasteiger partial charge in [0, 0.05) is 44.5 Å². The Balaban J connectivity index is 1.72. The highest BCUT2D eigenvalue weighted by Gasteiger charge is 2.26. The lowest BCUT2D eigenvalue weighted by atomic mass is 9.92. The van der Waals surface area contributed by atoms with E-state index >= 15 is 0 Å². The van der Waals surface area contributed by atoms with E-state index < -0.39 is 6.10 Å². The second-order valence-electron chi connectivity index (χ2n) is 10.2. The number of carbonyl (C=O) groups is 1. The molecule has 0 bridgehead atoms. The lowest BCUT2D eigenvalue weighted by Gasteiger charge is -2.28. The number of hydrogen-bond acceptors (Lipinski definition) is 5. The standard InChI is InChI=1S/C31H43ClN2O4/c1-4-11-24-18-27(32)13-14-28(24)26-20-34(17-10-8-6-5-7-9-16-33(3)23(2)36)29-19-25(30(37)21-35)12-15-31(29)38-22-26/h5,7,12-15,18-19,26,30,35,37H,4,6,8-11,16-17,20-22H2,1-3H3/b7-5-. The van der Waals surface area contributed by atoms with Gasteiger partial charge in [-0.1, -0.05) is 49.2 Å². The zero-order chi connectivity index (χ0) is 27.5. The summed E-state index contributed by atoms with van der Waals surface area (Å²) in [5.74, 6) is 1.08. The Morgan fingerprint density at radius 1 is 1.21 bits per heavy atom. The van der Waals surface area contributed by atoms with Gasteiger partial charge in [-0.05, 0) is 73.1 Å². The lowest BCUT2D eigenvalue weighted by molar-refractivity contribution is -0.127. The number of aryl methyl sites for hydroxylation is 1. The molecule has 0 spiro atoms. The Hall–Kier alpha value is -2.54. The molecule has 1 aliphatic rings. The number of anilines is 1. The van der Waals surface area contributed by atoms with Crippen molar-refractivity contribution < 1.29 is 19.7 Å². The van der Waals surface area contributed by atoms with Crippen molar-refractivity contribution in [1.29, 1.82) is 0 Å². The molecule has 2 aromatic rings. The van der Waals surface area contributed by atoms with Crippen molar-refractivity contribution in [3.05, 3.63) is 70.3 Å². The summed E-state index contributed by atoms with van der Waals surface area (Å²) < 4.78 is 6.33. The van der Waals surface area contributed by atoms with Crippen LogP contribution in [-0.4, -0.2) is 60.9 Å². The van der Waals surface area contributed by atoms with E-state index in [0.717, 1.165) is 74.6 Å². The average molecular weight is 543 g/mol. The average Bonchev–Trinajstić information content (AvgIpc) is 3.09. The summed E-state index contributed by atoms with van der Waals surface area (Å²) in [6.45, 7) is 6.43. The second kappa shape index (κ2) is 15.2. The minimum atomic E-state index is -0.916. The van der Waals surface area contributed by atoms with Crippen molar-refractivity contribution in [2.24, 2.45) is 0 Å². The lowest BCUT2D eigenvalue weighted by Crippen LogP contribution is -2.30. The molecular formula is C31H43ClN2O4. The number of aliphatic hydroxyl groups excluding tert-OH is 2. The largest absolute Gasteiger partial charge is 0.491 e. The van der Waals surface area contributed by atoms with Crippen molar-refractivity contribution >= 4 is 23.2 Å². The number of halogens is 1. The number of benzene rings is 2. The van der Waals surface area contributed by atoms with Crippen molar-refractivity contribution in [1.82, 2.24) is 4.90 Å². The van der Waals surface area contributed by atoms with E-state index in [9.17, 15) is 15.0 Å². The minimum absolute atomic E-state index is 0.0912. The molecule has 1 aliphatic heterocycles. The fourth-order valence-electron chi connectivity index (χ4n) is 4.91. The fraction of sp³-hybridized carbons (Fsp3) is 0.516. The number of hydrogen-bond donors (Lipinski definition) is 2. The zero-order valence-corrected chi connectivity index (χ0v) is 23.8. The predicted molar refractivity (Wildman–Crippen MR) is 155 cm³/mol. The highest BCUT2D eigenvalue weighted by Crippen LogP contribution is 2.38. The smallest absolute Gasteiger partial charge is 0.219 e. The molecule has 3 rings (SSSR count). The molecule has 1 heterocycles. The molecule has 38 heavy (non-hydrogen) atoms. The molecule has 2 unspecified atom stereocenters. The molecule has 0 fully saturated rings. The first-order valence-electron chi connectivity index (χ1n) is 13.8. The number of allylic oxidation sites excluding steroid dienone is 1. The van der Waals surface area contributed by atoms with E-state index in [-0.39, 0.29) is 18.4 Å². The number of nitrogens with zero attached hydrogens (tertiary/aromatic N) is 2. The van der Waals surface area contributed by atoms with Crippen LogP contribution in [0.25, 0.3) is 0 Å². The van der Waals surface area contributed by atoms with E-state index in [0.29, 0.717) is 12.2 Å². The van der Waals surface area contributed by atoms with Crippen LogP contribution in [0.15, 0.2) is 48.6 Å². The first kappa shape index (κ1) is 30.0. The predicted octanol–water partition coefficient (Wildman–Crippen LogP) is 5.90. The molecule has 0 saturated carbocycles. The van der Waals surface area contributed by atoms with Gasteiger partial charge in [0.1, 0.15) is 11.9 Å². The Labute approximate surface area is 232 Å². The number of fused-ring (bicyclic) bond motifs is 1. The van der Waals surface area contributed by atoms with Crippen LogP contribution in [0.1, 0.15) is 74.7 Å². The maximum Gasteiger partial charge on any atom is 0.219 e. The van der Waals surface area contributed by atoms with Gasteiger partial charge in [0.15, 0.2) is 0 Å². The molecule has 0 aromatic heterocycles. The maximum absolute atomic E-state index is 11.3. The van der Waals surface area contributed by atoms with E-state index in [1.54, 1.807) is 11.8 Å². The molecule has 2 aromatic carbocycles. The zero-order valence-electron chi connectivity index (χ0n) is 23.0. The van der Waals surface area contributed by atoms with E-state index in [1.807, 2.05) is 31.3 Å². The van der Waals surface area contributed by atoms with Gasteiger partial charge in [0.2, 0.25) is 5.91 Å². The van der Waals surface area contributed by atoms with E-state index in [2.05, 4.69) is 36.1 Å². The third-order valence-corrected chi connectivity index (χ3v) is 7.45. The third kappa shape index (κ3) is 8.48. The Bertz CT molecular complexity index is 1070. The van der Waals surface area contributed by atoms with Crippen LogP contribution in [0, 0.1) is 0 Å². The first-order chi connectivity index (χ1) is 18.3. The summed E-state index contributed by atoms with van der Waals surface area (Å²) in [5.41, 5.74) is 4.21. The van der Waals surface area contributed by atoms with Crippen LogP contribution >= 0.6 is 11.6 Å². The molecule has 0 aliphatic carbocycles. The maximum atomic E-state index is 11.3. The molecule has 0 saturated heterocycles. The van der Waals surface area contributed by atoms with Crippen LogP contribution in [0.4, 0.5) is 5.69 Å². The monoisotopic (exact) mass is 542 g/mol. The van der Waals surface area contributed by atoms with Gasteiger partial charge in [-0.25, -0.2) is 0 Å². The van der Waals surface area contributed by atoms with Crippen molar-refractivity contribution in [3.8, 4) is 5.75 Å². The highest BCUT2D eigenvalue weighted by molar-refractivity contribution is 6.30. The number of unbranched alkanes of at least 4 members (excludes halogenated alkanes) is 2. The van der Waals surface area contributed by atoms with Crippen molar-refractivity contribution in [3.63, 3.8) is 0 Å². The topological polar surface area (TPSA) is 73.2 Å². The van der Waals surface area contributed by atoms with E-state index in [4.69, 9.17) is 16.3 Å². The summed E-state index contributed by atoms with van der Waals surface area (Å²) in [7, 11) is 1.83. The minimum Gasteiger partial charge on any atom is -0.491 e. The molecule has 6 nitrogen and oxygen atoms in total. The molecule has 1 amide bonds. The summed E-state index contributed by atoms with van der Waals surface area (Å²) >= 11 is 6.34. The molecular weight excluding hydrogens is 500 g/mol. The van der Waals surface area contributed by atoms with E-state index in [1.165, 1.54) is 11.1 Å². The van der Waals surface area contributed by atoms with Gasteiger partial charge in [-0.15, -0.1) is 0 Å². The first-order valence-corrected chi connectivity index (χ1v) is 14.2. The molecule has 0 radical (unpaired) electrons. The summed E-state index contributed by atoms with van der Waals surface area (Å²) in [6.07, 6.45) is 9.39. The molecule has 7 heteroatoms. The molecule has 208 valence electrons. The number of ether oxygens (including phenoxy) is 1. The van der Waals surface area contributed by atoms with Gasteiger partial charge in [0.05, 0.1) is 18.9 Å². The fourth-order valence-corrected chi connectivity index (χ4v) is 5.10. The number of aliphatic hydroxyl groups is 2. The van der Waals surface area contributed by atoms with Gasteiger partial charge >= 0.3 is 0 Å². The summed E-state index contributed by atoms with van der Waals surface area (Å²) in [6, 6.07) is 11.9. The van der Waals surface area contributed by atoms with Crippen LogP contribution in [0.2, 0.25) is 5.02 Å². The third-order valence-electron chi connectivity index (χ3n) is 7.21. The summed E-state index contributed by atoms with van der Waals surface area (Å²) in [4.78, 5) is 15.4.